The van der Waals surface area contributed by atoms with Crippen LogP contribution in [0.4, 0.5) is 4.39 Å². The maximum absolute atomic E-state index is 13.4. The van der Waals surface area contributed by atoms with Gasteiger partial charge in [-0.25, -0.2) is 4.39 Å². The van der Waals surface area contributed by atoms with Crippen LogP contribution in [-0.2, 0) is 6.42 Å². The summed E-state index contributed by atoms with van der Waals surface area (Å²) < 4.78 is 19.1. The lowest BCUT2D eigenvalue weighted by Crippen LogP contribution is -2.24. The molecule has 1 aromatic heterocycles. The highest BCUT2D eigenvalue weighted by Crippen LogP contribution is 2.21. The third-order valence-corrected chi connectivity index (χ3v) is 3.49. The van der Waals surface area contributed by atoms with Crippen molar-refractivity contribution in [2.75, 3.05) is 7.05 Å². The molecular formula is C12H13FIN3O. The molecule has 0 aliphatic heterocycles. The van der Waals surface area contributed by atoms with Gasteiger partial charge in [-0.3, -0.25) is 0 Å². The van der Waals surface area contributed by atoms with Crippen molar-refractivity contribution >= 4 is 22.6 Å². The predicted molar refractivity (Wildman–Crippen MR) is 74.6 cm³/mol. The maximum Gasteiger partial charge on any atom is 0.258 e. The van der Waals surface area contributed by atoms with Crippen LogP contribution in [0.2, 0.25) is 0 Å². The third-order valence-electron chi connectivity index (χ3n) is 2.62. The van der Waals surface area contributed by atoms with Gasteiger partial charge in [-0.05, 0) is 54.8 Å². The summed E-state index contributed by atoms with van der Waals surface area (Å²) in [6.45, 7) is 2.03. The standard InChI is InChI=1S/C12H13FIN3O/c1-7(15-2)5-11-16-12(18-17-11)8-3-4-10(14)9(13)6-8/h3-4,6-7,15H,5H2,1-2H3. The van der Waals surface area contributed by atoms with Crippen molar-refractivity contribution in [3.63, 3.8) is 0 Å². The van der Waals surface area contributed by atoms with Crippen LogP contribution in [0, 0.1) is 9.39 Å². The number of nitrogens with zero attached hydrogens (tertiary/aromatic N) is 2. The summed E-state index contributed by atoms with van der Waals surface area (Å²) in [5.74, 6) is 0.686. The van der Waals surface area contributed by atoms with Crippen LogP contribution >= 0.6 is 22.6 Å². The predicted octanol–water partition coefficient (Wildman–Crippen LogP) is 2.63. The zero-order valence-corrected chi connectivity index (χ0v) is 12.2. The van der Waals surface area contributed by atoms with Gasteiger partial charge in [0.2, 0.25) is 0 Å². The SMILES string of the molecule is CNC(C)Cc1noc(-c2ccc(I)c(F)c2)n1. The van der Waals surface area contributed by atoms with Crippen LogP contribution in [0.3, 0.4) is 0 Å². The van der Waals surface area contributed by atoms with E-state index in [1.807, 2.05) is 36.6 Å². The number of rotatable bonds is 4. The van der Waals surface area contributed by atoms with Crippen LogP contribution in [-0.4, -0.2) is 23.2 Å². The summed E-state index contributed by atoms with van der Waals surface area (Å²) >= 11 is 1.94. The molecule has 1 unspecified atom stereocenters. The summed E-state index contributed by atoms with van der Waals surface area (Å²) in [4.78, 5) is 4.25. The van der Waals surface area contributed by atoms with Gasteiger partial charge in [0.15, 0.2) is 5.82 Å². The van der Waals surface area contributed by atoms with E-state index in [9.17, 15) is 4.39 Å². The maximum atomic E-state index is 13.4. The monoisotopic (exact) mass is 361 g/mol. The van der Waals surface area contributed by atoms with Crippen LogP contribution in [0.15, 0.2) is 22.7 Å². The van der Waals surface area contributed by atoms with Gasteiger partial charge in [0.25, 0.3) is 5.89 Å². The zero-order chi connectivity index (χ0) is 13.1. The van der Waals surface area contributed by atoms with Gasteiger partial charge in [-0.15, -0.1) is 0 Å². The molecule has 0 aliphatic rings. The molecule has 18 heavy (non-hydrogen) atoms. The lowest BCUT2D eigenvalue weighted by molar-refractivity contribution is 0.418. The minimum absolute atomic E-state index is 0.268. The molecule has 0 spiro atoms. The van der Waals surface area contributed by atoms with Gasteiger partial charge in [0, 0.05) is 21.6 Å². The van der Waals surface area contributed by atoms with Crippen LogP contribution < -0.4 is 5.32 Å². The second-order valence-electron chi connectivity index (χ2n) is 4.04. The molecule has 1 aromatic carbocycles. The smallest absolute Gasteiger partial charge is 0.258 e. The molecule has 1 N–H and O–H groups in total. The molecule has 1 atom stereocenters. The molecular weight excluding hydrogens is 348 g/mol. The third kappa shape index (κ3) is 3.05. The van der Waals surface area contributed by atoms with Crippen molar-refractivity contribution in [2.45, 2.75) is 19.4 Å². The summed E-state index contributed by atoms with van der Waals surface area (Å²) in [6, 6.07) is 5.12. The first-order chi connectivity index (χ1) is 8.60. The van der Waals surface area contributed by atoms with E-state index in [4.69, 9.17) is 4.52 Å². The quantitative estimate of drug-likeness (QED) is 0.851. The Balaban J connectivity index is 2.21. The number of likely N-dealkylation sites (N-methyl/N-ethyl adjacent to an activating group) is 1. The van der Waals surface area contributed by atoms with Crippen LogP contribution in [0.1, 0.15) is 12.7 Å². The van der Waals surface area contributed by atoms with E-state index in [0.29, 0.717) is 27.3 Å². The Labute approximate surface area is 118 Å². The Morgan fingerprint density at radius 2 is 2.28 bits per heavy atom. The average Bonchev–Trinajstić information content (AvgIpc) is 2.81. The Morgan fingerprint density at radius 3 is 2.94 bits per heavy atom. The number of hydrogen-bond acceptors (Lipinski definition) is 4. The van der Waals surface area contributed by atoms with E-state index in [1.54, 1.807) is 12.1 Å². The fourth-order valence-corrected chi connectivity index (χ4v) is 1.79. The Morgan fingerprint density at radius 1 is 1.50 bits per heavy atom. The molecule has 0 fully saturated rings. The Bertz CT molecular complexity index is 544. The van der Waals surface area contributed by atoms with Gasteiger partial charge in [-0.2, -0.15) is 4.98 Å². The summed E-state index contributed by atoms with van der Waals surface area (Å²) in [7, 11) is 1.88. The fraction of sp³-hybridized carbons (Fsp3) is 0.333. The second-order valence-corrected chi connectivity index (χ2v) is 5.20. The normalized spacial score (nSPS) is 12.7. The highest BCUT2D eigenvalue weighted by Gasteiger charge is 2.12. The number of hydrogen-bond donors (Lipinski definition) is 1. The summed E-state index contributed by atoms with van der Waals surface area (Å²) in [5.41, 5.74) is 0.601. The number of nitrogens with one attached hydrogen (secondary N) is 1. The molecule has 0 bridgehead atoms. The van der Waals surface area contributed by atoms with Gasteiger partial charge < -0.3 is 9.84 Å². The van der Waals surface area contributed by atoms with Crippen molar-refractivity contribution in [1.82, 2.24) is 15.5 Å². The first kappa shape index (κ1) is 13.4. The van der Waals surface area contributed by atoms with Gasteiger partial charge >= 0.3 is 0 Å². The first-order valence-electron chi connectivity index (χ1n) is 5.55. The molecule has 0 saturated heterocycles. The molecule has 1 heterocycles. The molecule has 4 nitrogen and oxygen atoms in total. The number of aromatic nitrogens is 2. The summed E-state index contributed by atoms with van der Waals surface area (Å²) in [5, 5.41) is 6.98. The van der Waals surface area contributed by atoms with E-state index in [1.165, 1.54) is 6.07 Å². The first-order valence-corrected chi connectivity index (χ1v) is 6.63. The van der Waals surface area contributed by atoms with E-state index in [-0.39, 0.29) is 11.9 Å². The molecule has 96 valence electrons. The lowest BCUT2D eigenvalue weighted by Gasteiger charge is -2.04. The highest BCUT2D eigenvalue weighted by molar-refractivity contribution is 14.1. The Kier molecular flexibility index (Phi) is 4.28. The minimum atomic E-state index is -0.281. The Hall–Kier alpha value is -1.02. The van der Waals surface area contributed by atoms with Crippen LogP contribution in [0.5, 0.6) is 0 Å². The van der Waals surface area contributed by atoms with Crippen molar-refractivity contribution < 1.29 is 8.91 Å². The number of halogens is 2. The fourth-order valence-electron chi connectivity index (χ4n) is 1.46. The topological polar surface area (TPSA) is 51.0 Å². The molecule has 0 aliphatic carbocycles. The molecule has 6 heteroatoms. The van der Waals surface area contributed by atoms with Crippen molar-refractivity contribution in [3.8, 4) is 11.5 Å². The van der Waals surface area contributed by atoms with E-state index < -0.39 is 0 Å². The van der Waals surface area contributed by atoms with Crippen molar-refractivity contribution in [2.24, 2.45) is 0 Å². The highest BCUT2D eigenvalue weighted by atomic mass is 127. The van der Waals surface area contributed by atoms with Gasteiger partial charge in [0.1, 0.15) is 5.82 Å². The molecule has 0 radical (unpaired) electrons. The minimum Gasteiger partial charge on any atom is -0.334 e. The number of benzene rings is 1. The second kappa shape index (κ2) is 5.75. The van der Waals surface area contributed by atoms with Gasteiger partial charge in [0.05, 0.1) is 0 Å². The largest absolute Gasteiger partial charge is 0.334 e. The van der Waals surface area contributed by atoms with E-state index in [2.05, 4.69) is 15.5 Å². The molecule has 0 amide bonds. The van der Waals surface area contributed by atoms with Crippen LogP contribution in [0.25, 0.3) is 11.5 Å². The molecule has 2 aromatic rings. The zero-order valence-electron chi connectivity index (χ0n) is 10.1. The van der Waals surface area contributed by atoms with E-state index in [0.717, 1.165) is 0 Å². The summed E-state index contributed by atoms with van der Waals surface area (Å²) in [6.07, 6.45) is 0.673. The molecule has 0 saturated carbocycles. The van der Waals surface area contributed by atoms with E-state index >= 15 is 0 Å². The lowest BCUT2D eigenvalue weighted by atomic mass is 10.2. The van der Waals surface area contributed by atoms with Crippen molar-refractivity contribution in [1.29, 1.82) is 0 Å². The average molecular weight is 361 g/mol. The van der Waals surface area contributed by atoms with Gasteiger partial charge in [-0.1, -0.05) is 5.16 Å². The molecule has 2 rings (SSSR count). The van der Waals surface area contributed by atoms with Crippen molar-refractivity contribution in [3.05, 3.63) is 33.4 Å².